The summed E-state index contributed by atoms with van der Waals surface area (Å²) in [4.78, 5) is 27.5. The van der Waals surface area contributed by atoms with Gasteiger partial charge in [-0.1, -0.05) is 78.0 Å². The van der Waals surface area contributed by atoms with E-state index in [1.165, 1.54) is 11.8 Å². The van der Waals surface area contributed by atoms with E-state index < -0.39 is 0 Å². The Labute approximate surface area is 276 Å². The quantitative estimate of drug-likeness (QED) is 0.166. The number of amides is 2. The highest BCUT2D eigenvalue weighted by molar-refractivity contribution is 7.99. The molecule has 2 aromatic heterocycles. The lowest BCUT2D eigenvalue weighted by Gasteiger charge is -2.22. The first-order valence-corrected chi connectivity index (χ1v) is 16.8. The number of nitrogens with one attached hydrogen (secondary N) is 1. The van der Waals surface area contributed by atoms with Gasteiger partial charge >= 0.3 is 0 Å². The number of aromatic nitrogens is 3. The molecule has 0 radical (unpaired) electrons. The third-order valence-corrected chi connectivity index (χ3v) is 9.45. The van der Waals surface area contributed by atoms with E-state index in [0.29, 0.717) is 23.2 Å². The van der Waals surface area contributed by atoms with Crippen molar-refractivity contribution in [1.82, 2.24) is 25.1 Å². The van der Waals surface area contributed by atoms with Crippen LogP contribution in [0, 0.1) is 20.8 Å². The van der Waals surface area contributed by atoms with Crippen LogP contribution in [-0.2, 0) is 16.1 Å². The van der Waals surface area contributed by atoms with Crippen LogP contribution in [0.2, 0.25) is 0 Å². The molecule has 1 aliphatic heterocycles. The van der Waals surface area contributed by atoms with Crippen LogP contribution in [0.25, 0.3) is 5.69 Å². The minimum Gasteiger partial charge on any atom is -0.484 e. The molecule has 0 spiro atoms. The number of para-hydroxylation sites is 1. The first kappa shape index (κ1) is 31.3. The molecule has 1 N–H and O–H groups in total. The lowest BCUT2D eigenvalue weighted by Crippen LogP contribution is -2.29. The van der Waals surface area contributed by atoms with Crippen molar-refractivity contribution in [3.05, 3.63) is 123 Å². The van der Waals surface area contributed by atoms with E-state index in [-0.39, 0.29) is 36.8 Å². The van der Waals surface area contributed by atoms with Gasteiger partial charge in [0, 0.05) is 6.42 Å². The number of nitrogens with zero attached hydrogens (tertiary/aromatic N) is 5. The van der Waals surface area contributed by atoms with Crippen LogP contribution in [0.3, 0.4) is 0 Å². The smallest absolute Gasteiger partial charge is 0.258 e. The number of rotatable bonds is 11. The molecule has 6 rings (SSSR count). The Bertz CT molecular complexity index is 1850. The van der Waals surface area contributed by atoms with Gasteiger partial charge in [0.05, 0.1) is 34.6 Å². The van der Waals surface area contributed by atoms with Crippen LogP contribution in [-0.4, -0.2) is 49.7 Å². The van der Waals surface area contributed by atoms with Crippen molar-refractivity contribution in [2.45, 2.75) is 44.9 Å². The minimum absolute atomic E-state index is 0.115. The molecule has 0 saturated carbocycles. The van der Waals surface area contributed by atoms with Crippen molar-refractivity contribution < 1.29 is 14.3 Å². The molecule has 0 aliphatic carbocycles. The SMILES string of the molecule is Cc1ccc([C@@H]2CC(c3cccs3)=NN2C(=O)CSc2nnc(CNC(=O)COc3ccccc3)n2-c2cc(C)ccc2C)cc1. The Kier molecular flexibility index (Phi) is 9.60. The Balaban J connectivity index is 1.21. The van der Waals surface area contributed by atoms with Gasteiger partial charge in [-0.05, 0) is 67.1 Å². The number of benzene rings is 3. The monoisotopic (exact) mass is 650 g/mol. The number of thiophene rings is 1. The third-order valence-electron chi connectivity index (χ3n) is 7.62. The van der Waals surface area contributed by atoms with Crippen LogP contribution >= 0.6 is 23.1 Å². The van der Waals surface area contributed by atoms with Crippen molar-refractivity contribution in [3.63, 3.8) is 0 Å². The molecule has 0 saturated heterocycles. The topological polar surface area (TPSA) is 102 Å². The first-order chi connectivity index (χ1) is 22.4. The Morgan fingerprint density at radius 1 is 0.957 bits per heavy atom. The van der Waals surface area contributed by atoms with E-state index in [1.807, 2.05) is 66.3 Å². The van der Waals surface area contributed by atoms with E-state index in [2.05, 4.69) is 52.8 Å². The number of thioether (sulfide) groups is 1. The van der Waals surface area contributed by atoms with Gasteiger partial charge in [-0.25, -0.2) is 5.01 Å². The molecule has 46 heavy (non-hydrogen) atoms. The maximum Gasteiger partial charge on any atom is 0.258 e. The largest absolute Gasteiger partial charge is 0.484 e. The Hall–Kier alpha value is -4.74. The zero-order valence-electron chi connectivity index (χ0n) is 25.8. The molecule has 9 nitrogen and oxygen atoms in total. The lowest BCUT2D eigenvalue weighted by molar-refractivity contribution is -0.130. The molecular formula is C35H34N6O3S2. The molecule has 5 aromatic rings. The second kappa shape index (κ2) is 14.1. The molecule has 3 heterocycles. The summed E-state index contributed by atoms with van der Waals surface area (Å²) < 4.78 is 7.51. The van der Waals surface area contributed by atoms with Gasteiger partial charge in [0.15, 0.2) is 17.6 Å². The summed E-state index contributed by atoms with van der Waals surface area (Å²) in [6.07, 6.45) is 0.649. The Morgan fingerprint density at radius 2 is 1.74 bits per heavy atom. The van der Waals surface area contributed by atoms with Gasteiger partial charge in [-0.3, -0.25) is 14.2 Å². The molecular weight excluding hydrogens is 617 g/mol. The van der Waals surface area contributed by atoms with Crippen LogP contribution in [0.15, 0.2) is 101 Å². The number of carbonyl (C=O) groups is 2. The van der Waals surface area contributed by atoms with Gasteiger partial charge in [-0.15, -0.1) is 21.5 Å². The molecule has 3 aromatic carbocycles. The second-order valence-corrected chi connectivity index (χ2v) is 13.0. The molecule has 0 bridgehead atoms. The predicted molar refractivity (Wildman–Crippen MR) is 182 cm³/mol. The fraction of sp³-hybridized carbons (Fsp3) is 0.229. The number of hydrogen-bond acceptors (Lipinski definition) is 8. The average Bonchev–Trinajstić information content (AvgIpc) is 3.84. The molecule has 1 aliphatic rings. The highest BCUT2D eigenvalue weighted by Gasteiger charge is 2.33. The van der Waals surface area contributed by atoms with Gasteiger partial charge in [0.2, 0.25) is 0 Å². The third kappa shape index (κ3) is 7.21. The summed E-state index contributed by atoms with van der Waals surface area (Å²) >= 11 is 2.93. The zero-order valence-corrected chi connectivity index (χ0v) is 27.5. The fourth-order valence-corrected chi connectivity index (χ4v) is 6.71. The number of carbonyl (C=O) groups excluding carboxylic acids is 2. The minimum atomic E-state index is -0.278. The summed E-state index contributed by atoms with van der Waals surface area (Å²) in [5.41, 5.74) is 6.10. The standard InChI is InChI=1S/C35H34N6O3S2/c1-23-12-15-26(16-13-23)30-19-28(31-10-7-17-45-31)39-41(30)34(43)22-46-35-38-37-32(40(35)29-18-24(2)11-14-25(29)3)20-36-33(42)21-44-27-8-5-4-6-9-27/h4-18,30H,19-22H2,1-3H3,(H,36,42)/t30-/m0/s1. The fourth-order valence-electron chi connectivity index (χ4n) is 5.18. The van der Waals surface area contributed by atoms with Crippen LogP contribution in [0.4, 0.5) is 0 Å². The second-order valence-electron chi connectivity index (χ2n) is 11.1. The van der Waals surface area contributed by atoms with Gasteiger partial charge in [0.25, 0.3) is 11.8 Å². The highest BCUT2D eigenvalue weighted by atomic mass is 32.2. The normalized spacial score (nSPS) is 14.3. The maximum absolute atomic E-state index is 13.8. The van der Waals surface area contributed by atoms with Crippen molar-refractivity contribution in [3.8, 4) is 11.4 Å². The van der Waals surface area contributed by atoms with Gasteiger partial charge in [-0.2, -0.15) is 5.10 Å². The van der Waals surface area contributed by atoms with E-state index >= 15 is 0 Å². The molecule has 2 amide bonds. The first-order valence-electron chi connectivity index (χ1n) is 14.9. The van der Waals surface area contributed by atoms with E-state index in [1.54, 1.807) is 28.5 Å². The highest BCUT2D eigenvalue weighted by Crippen LogP contribution is 2.35. The Morgan fingerprint density at radius 3 is 2.50 bits per heavy atom. The summed E-state index contributed by atoms with van der Waals surface area (Å²) in [5, 5.41) is 20.8. The molecule has 1 atom stereocenters. The average molecular weight is 651 g/mol. The lowest BCUT2D eigenvalue weighted by atomic mass is 10.00. The number of ether oxygens (including phenoxy) is 1. The maximum atomic E-state index is 13.8. The van der Waals surface area contributed by atoms with E-state index in [4.69, 9.17) is 9.84 Å². The zero-order chi connectivity index (χ0) is 32.0. The van der Waals surface area contributed by atoms with Crippen molar-refractivity contribution in [2.75, 3.05) is 12.4 Å². The number of aryl methyl sites for hydroxylation is 3. The predicted octanol–water partition coefficient (Wildman–Crippen LogP) is 6.42. The summed E-state index contributed by atoms with van der Waals surface area (Å²) in [7, 11) is 0. The molecule has 0 unspecified atom stereocenters. The van der Waals surface area contributed by atoms with Crippen LogP contribution in [0.5, 0.6) is 5.75 Å². The van der Waals surface area contributed by atoms with Crippen molar-refractivity contribution in [1.29, 1.82) is 0 Å². The number of hydrazone groups is 1. The number of hydrogen-bond donors (Lipinski definition) is 1. The molecule has 11 heteroatoms. The van der Waals surface area contributed by atoms with Gasteiger partial charge < -0.3 is 10.1 Å². The van der Waals surface area contributed by atoms with Gasteiger partial charge in [0.1, 0.15) is 5.75 Å². The van der Waals surface area contributed by atoms with Crippen molar-refractivity contribution in [2.24, 2.45) is 5.10 Å². The van der Waals surface area contributed by atoms with Crippen molar-refractivity contribution >= 4 is 40.6 Å². The van der Waals surface area contributed by atoms with Crippen LogP contribution < -0.4 is 10.1 Å². The summed E-state index contributed by atoms with van der Waals surface area (Å²) in [6.45, 7) is 6.11. The van der Waals surface area contributed by atoms with Crippen LogP contribution in [0.1, 0.15) is 45.4 Å². The van der Waals surface area contributed by atoms with E-state index in [0.717, 1.165) is 38.5 Å². The molecule has 0 fully saturated rings. The summed E-state index contributed by atoms with van der Waals surface area (Å²) in [6, 6.07) is 27.5. The van der Waals surface area contributed by atoms with E-state index in [9.17, 15) is 9.59 Å². The molecule has 234 valence electrons. The summed E-state index contributed by atoms with van der Waals surface area (Å²) in [5.74, 6) is 0.886.